The second-order valence-electron chi connectivity index (χ2n) is 5.42. The number of amides is 1. The Morgan fingerprint density at radius 2 is 2.00 bits per heavy atom. The summed E-state index contributed by atoms with van der Waals surface area (Å²) >= 11 is 0. The van der Waals surface area contributed by atoms with Crippen molar-refractivity contribution >= 4 is 5.91 Å². The van der Waals surface area contributed by atoms with Gasteiger partial charge in [0.25, 0.3) is 0 Å². The van der Waals surface area contributed by atoms with Crippen LogP contribution in [0.2, 0.25) is 0 Å². The number of nitrogens with two attached hydrogens (primary N) is 1. The number of rotatable bonds is 1. The number of likely N-dealkylation sites (tertiary alicyclic amines) is 1. The van der Waals surface area contributed by atoms with Crippen LogP contribution in [-0.4, -0.2) is 29.9 Å². The maximum absolute atomic E-state index is 12.3. The summed E-state index contributed by atoms with van der Waals surface area (Å²) < 4.78 is 0. The molecule has 1 amide bonds. The molecule has 0 aromatic heterocycles. The lowest BCUT2D eigenvalue weighted by Crippen LogP contribution is -2.50. The lowest BCUT2D eigenvalue weighted by molar-refractivity contribution is -0.142. The largest absolute Gasteiger partial charge is 0.341 e. The monoisotopic (exact) mass is 210 g/mol. The van der Waals surface area contributed by atoms with Crippen LogP contribution in [0.1, 0.15) is 45.4 Å². The van der Waals surface area contributed by atoms with Crippen molar-refractivity contribution in [2.45, 2.75) is 51.5 Å². The Morgan fingerprint density at radius 1 is 1.33 bits per heavy atom. The summed E-state index contributed by atoms with van der Waals surface area (Å²) in [5.74, 6) is 0.357. The van der Waals surface area contributed by atoms with Crippen molar-refractivity contribution in [3.63, 3.8) is 0 Å². The smallest absolute Gasteiger partial charge is 0.228 e. The molecule has 2 aliphatic rings. The molecule has 1 aliphatic heterocycles. The molecule has 0 bridgehead atoms. The first-order valence-electron chi connectivity index (χ1n) is 6.17. The van der Waals surface area contributed by atoms with E-state index in [0.717, 1.165) is 38.8 Å². The number of nitrogens with zero attached hydrogens (tertiary/aromatic N) is 1. The first-order valence-corrected chi connectivity index (χ1v) is 6.17. The second-order valence-corrected chi connectivity index (χ2v) is 5.42. The Morgan fingerprint density at radius 3 is 2.60 bits per heavy atom. The van der Waals surface area contributed by atoms with Gasteiger partial charge in [-0.3, -0.25) is 4.79 Å². The van der Waals surface area contributed by atoms with Gasteiger partial charge in [-0.1, -0.05) is 19.8 Å². The molecule has 3 heteroatoms. The van der Waals surface area contributed by atoms with Gasteiger partial charge in [-0.05, 0) is 25.7 Å². The highest BCUT2D eigenvalue weighted by atomic mass is 16.2. The van der Waals surface area contributed by atoms with Crippen LogP contribution in [0, 0.1) is 5.41 Å². The zero-order valence-electron chi connectivity index (χ0n) is 9.67. The summed E-state index contributed by atoms with van der Waals surface area (Å²) in [6.45, 7) is 3.82. The fourth-order valence-corrected chi connectivity index (χ4v) is 2.95. The Balaban J connectivity index is 2.00. The molecule has 1 saturated carbocycles. The second kappa shape index (κ2) is 4.12. The maximum Gasteiger partial charge on any atom is 0.228 e. The zero-order valence-corrected chi connectivity index (χ0v) is 9.67. The Kier molecular flexibility index (Phi) is 3.01. The van der Waals surface area contributed by atoms with Gasteiger partial charge < -0.3 is 10.6 Å². The quantitative estimate of drug-likeness (QED) is 0.713. The predicted molar refractivity (Wildman–Crippen MR) is 60.4 cm³/mol. The standard InChI is InChI=1S/C12H22N2O/c1-12(6-2-3-7-12)11(15)14-8-4-5-10(13)9-14/h10H,2-9,13H2,1H3. The number of carbonyl (C=O) groups is 1. The molecule has 2 fully saturated rings. The first-order chi connectivity index (χ1) is 7.12. The van der Waals surface area contributed by atoms with Crippen molar-refractivity contribution in [2.24, 2.45) is 11.1 Å². The summed E-state index contributed by atoms with van der Waals surface area (Å²) in [7, 11) is 0. The molecule has 0 aromatic rings. The lowest BCUT2D eigenvalue weighted by atomic mass is 9.86. The molecule has 0 aromatic carbocycles. The van der Waals surface area contributed by atoms with Crippen LogP contribution in [-0.2, 0) is 4.79 Å². The van der Waals surface area contributed by atoms with Crippen LogP contribution in [0.4, 0.5) is 0 Å². The third-order valence-electron chi connectivity index (χ3n) is 3.97. The molecule has 15 heavy (non-hydrogen) atoms. The first kappa shape index (κ1) is 10.9. The SMILES string of the molecule is CC1(C(=O)N2CCCC(N)C2)CCCC1. The minimum Gasteiger partial charge on any atom is -0.341 e. The lowest BCUT2D eigenvalue weighted by Gasteiger charge is -2.36. The predicted octanol–water partition coefficient (Wildman–Crippen LogP) is 1.52. The molecule has 2 rings (SSSR count). The van der Waals surface area contributed by atoms with Crippen LogP contribution < -0.4 is 5.73 Å². The number of hydrogen-bond acceptors (Lipinski definition) is 2. The molecule has 1 aliphatic carbocycles. The molecule has 0 spiro atoms. The Labute approximate surface area is 92.0 Å². The summed E-state index contributed by atoms with van der Waals surface area (Å²) in [6.07, 6.45) is 6.70. The van der Waals surface area contributed by atoms with Gasteiger partial charge >= 0.3 is 0 Å². The van der Waals surface area contributed by atoms with E-state index in [2.05, 4.69) is 6.92 Å². The molecular formula is C12H22N2O. The van der Waals surface area contributed by atoms with Crippen LogP contribution >= 0.6 is 0 Å². The number of hydrogen-bond donors (Lipinski definition) is 1. The molecule has 1 atom stereocenters. The third kappa shape index (κ3) is 2.17. The summed E-state index contributed by atoms with van der Waals surface area (Å²) in [6, 6.07) is 0.202. The van der Waals surface area contributed by atoms with Gasteiger partial charge in [0.2, 0.25) is 5.91 Å². The van der Waals surface area contributed by atoms with Crippen molar-refractivity contribution < 1.29 is 4.79 Å². The minimum atomic E-state index is -0.0724. The van der Waals surface area contributed by atoms with E-state index >= 15 is 0 Å². The Bertz CT molecular complexity index is 246. The van der Waals surface area contributed by atoms with E-state index in [1.165, 1.54) is 12.8 Å². The van der Waals surface area contributed by atoms with E-state index in [1.807, 2.05) is 4.90 Å². The molecule has 86 valence electrons. The normalized spacial score (nSPS) is 30.5. The van der Waals surface area contributed by atoms with E-state index in [9.17, 15) is 4.79 Å². The van der Waals surface area contributed by atoms with Crippen molar-refractivity contribution in [1.29, 1.82) is 0 Å². The van der Waals surface area contributed by atoms with E-state index in [-0.39, 0.29) is 11.5 Å². The van der Waals surface area contributed by atoms with Crippen molar-refractivity contribution in [3.05, 3.63) is 0 Å². The summed E-state index contributed by atoms with van der Waals surface area (Å²) in [5.41, 5.74) is 5.84. The van der Waals surface area contributed by atoms with Gasteiger partial charge in [0.1, 0.15) is 0 Å². The summed E-state index contributed by atoms with van der Waals surface area (Å²) in [5, 5.41) is 0. The highest BCUT2D eigenvalue weighted by Crippen LogP contribution is 2.39. The van der Waals surface area contributed by atoms with Gasteiger partial charge in [0.15, 0.2) is 0 Å². The molecule has 0 radical (unpaired) electrons. The molecule has 1 heterocycles. The Hall–Kier alpha value is -0.570. The van der Waals surface area contributed by atoms with Gasteiger partial charge in [-0.2, -0.15) is 0 Å². The maximum atomic E-state index is 12.3. The average Bonchev–Trinajstić information content (AvgIpc) is 2.65. The van der Waals surface area contributed by atoms with E-state index in [4.69, 9.17) is 5.73 Å². The van der Waals surface area contributed by atoms with Crippen LogP contribution in [0.3, 0.4) is 0 Å². The third-order valence-corrected chi connectivity index (χ3v) is 3.97. The highest BCUT2D eigenvalue weighted by Gasteiger charge is 2.39. The topological polar surface area (TPSA) is 46.3 Å². The van der Waals surface area contributed by atoms with Crippen molar-refractivity contribution in [3.8, 4) is 0 Å². The minimum absolute atomic E-state index is 0.0724. The molecule has 3 nitrogen and oxygen atoms in total. The van der Waals surface area contributed by atoms with Crippen LogP contribution in [0.15, 0.2) is 0 Å². The average molecular weight is 210 g/mol. The van der Waals surface area contributed by atoms with Gasteiger partial charge in [-0.15, -0.1) is 0 Å². The van der Waals surface area contributed by atoms with Crippen molar-refractivity contribution in [1.82, 2.24) is 4.90 Å². The molecule has 1 saturated heterocycles. The fraction of sp³-hybridized carbons (Fsp3) is 0.917. The van der Waals surface area contributed by atoms with Crippen molar-refractivity contribution in [2.75, 3.05) is 13.1 Å². The fourth-order valence-electron chi connectivity index (χ4n) is 2.95. The van der Waals surface area contributed by atoms with E-state index in [0.29, 0.717) is 5.91 Å². The van der Waals surface area contributed by atoms with E-state index < -0.39 is 0 Å². The highest BCUT2D eigenvalue weighted by molar-refractivity contribution is 5.82. The van der Waals surface area contributed by atoms with Crippen LogP contribution in [0.25, 0.3) is 0 Å². The molecule has 2 N–H and O–H groups in total. The van der Waals surface area contributed by atoms with E-state index in [1.54, 1.807) is 0 Å². The number of piperidine rings is 1. The zero-order chi connectivity index (χ0) is 10.9. The van der Waals surface area contributed by atoms with Gasteiger partial charge in [0.05, 0.1) is 0 Å². The molecular weight excluding hydrogens is 188 g/mol. The van der Waals surface area contributed by atoms with Crippen LogP contribution in [0.5, 0.6) is 0 Å². The summed E-state index contributed by atoms with van der Waals surface area (Å²) in [4.78, 5) is 14.3. The molecule has 1 unspecified atom stereocenters. The van der Waals surface area contributed by atoms with Gasteiger partial charge in [0, 0.05) is 24.5 Å². The van der Waals surface area contributed by atoms with Gasteiger partial charge in [-0.25, -0.2) is 0 Å². The number of carbonyl (C=O) groups excluding carboxylic acids is 1.